The molecule has 0 aliphatic heterocycles. The highest BCUT2D eigenvalue weighted by Gasteiger charge is 2.04. The highest BCUT2D eigenvalue weighted by atomic mass is 16.1. The van der Waals surface area contributed by atoms with Gasteiger partial charge in [0.25, 0.3) is 0 Å². The molecule has 3 nitrogen and oxygen atoms in total. The van der Waals surface area contributed by atoms with Gasteiger partial charge < -0.3 is 10.2 Å². The third-order valence-electron chi connectivity index (χ3n) is 3.39. The molecule has 0 radical (unpaired) electrons. The van der Waals surface area contributed by atoms with Crippen molar-refractivity contribution < 1.29 is 4.79 Å². The van der Waals surface area contributed by atoms with Crippen molar-refractivity contribution in [3.05, 3.63) is 54.1 Å². The molecular weight excluding hydrogens is 260 g/mol. The minimum atomic E-state index is 0.0693. The molecule has 21 heavy (non-hydrogen) atoms. The minimum Gasteiger partial charge on any atom is -0.378 e. The van der Waals surface area contributed by atoms with Crippen molar-refractivity contribution in [2.45, 2.75) is 13.3 Å². The number of hydrogen-bond acceptors (Lipinski definition) is 2. The smallest absolute Gasteiger partial charge is 0.224 e. The normalized spacial score (nSPS) is 10.2. The number of nitrogens with zero attached hydrogens (tertiary/aromatic N) is 1. The second-order valence-electron chi connectivity index (χ2n) is 5.27. The van der Waals surface area contributed by atoms with Crippen molar-refractivity contribution in [2.24, 2.45) is 0 Å². The maximum Gasteiger partial charge on any atom is 0.224 e. The van der Waals surface area contributed by atoms with E-state index in [-0.39, 0.29) is 5.91 Å². The largest absolute Gasteiger partial charge is 0.378 e. The van der Waals surface area contributed by atoms with Crippen molar-refractivity contribution in [3.63, 3.8) is 0 Å². The third kappa shape index (κ3) is 4.09. The summed E-state index contributed by atoms with van der Waals surface area (Å²) in [5, 5.41) is 2.82. The van der Waals surface area contributed by atoms with E-state index in [0.717, 1.165) is 5.56 Å². The number of hydrogen-bond donors (Lipinski definition) is 1. The first kappa shape index (κ1) is 15.1. The van der Waals surface area contributed by atoms with E-state index >= 15 is 0 Å². The van der Waals surface area contributed by atoms with E-state index in [4.69, 9.17) is 0 Å². The molecule has 0 heterocycles. The van der Waals surface area contributed by atoms with Crippen molar-refractivity contribution in [2.75, 3.05) is 25.5 Å². The van der Waals surface area contributed by atoms with Crippen LogP contribution in [0.3, 0.4) is 0 Å². The standard InChI is InChI=1S/C18H22N2O/c1-4-19-18(21)12-14-8-10-15(11-9-14)16-6-5-7-17(13-16)20(2)3/h5-11,13H,4,12H2,1-3H3,(H,19,21). The van der Waals surface area contributed by atoms with E-state index in [1.807, 2.05) is 33.2 Å². The highest BCUT2D eigenvalue weighted by molar-refractivity contribution is 5.79. The molecule has 1 N–H and O–H groups in total. The first-order valence-corrected chi connectivity index (χ1v) is 7.23. The number of rotatable bonds is 5. The van der Waals surface area contributed by atoms with Crippen LogP contribution in [0.1, 0.15) is 12.5 Å². The molecule has 0 saturated carbocycles. The lowest BCUT2D eigenvalue weighted by Gasteiger charge is -2.13. The van der Waals surface area contributed by atoms with Crippen LogP contribution >= 0.6 is 0 Å². The zero-order chi connectivity index (χ0) is 15.2. The highest BCUT2D eigenvalue weighted by Crippen LogP contribution is 2.24. The number of likely N-dealkylation sites (N-methyl/N-ethyl adjacent to an activating group) is 1. The Kier molecular flexibility index (Phi) is 4.99. The van der Waals surface area contributed by atoms with Gasteiger partial charge in [-0.25, -0.2) is 0 Å². The predicted octanol–water partition coefficient (Wildman–Crippen LogP) is 3.10. The fourth-order valence-corrected chi connectivity index (χ4v) is 2.22. The number of nitrogens with one attached hydrogen (secondary N) is 1. The van der Waals surface area contributed by atoms with Crippen molar-refractivity contribution in [1.29, 1.82) is 0 Å². The number of carbonyl (C=O) groups excluding carboxylic acids is 1. The van der Waals surface area contributed by atoms with Gasteiger partial charge >= 0.3 is 0 Å². The van der Waals surface area contributed by atoms with Crippen LogP contribution < -0.4 is 10.2 Å². The summed E-state index contributed by atoms with van der Waals surface area (Å²) < 4.78 is 0. The summed E-state index contributed by atoms with van der Waals surface area (Å²) in [6.07, 6.45) is 0.436. The topological polar surface area (TPSA) is 32.3 Å². The molecule has 0 bridgehead atoms. The van der Waals surface area contributed by atoms with E-state index in [0.29, 0.717) is 13.0 Å². The van der Waals surface area contributed by atoms with Crippen LogP contribution in [-0.4, -0.2) is 26.5 Å². The first-order valence-electron chi connectivity index (χ1n) is 7.23. The van der Waals surface area contributed by atoms with Crippen LogP contribution in [-0.2, 0) is 11.2 Å². The van der Waals surface area contributed by atoms with E-state index in [1.54, 1.807) is 0 Å². The minimum absolute atomic E-state index is 0.0693. The summed E-state index contributed by atoms with van der Waals surface area (Å²) in [4.78, 5) is 13.7. The molecular formula is C18H22N2O. The van der Waals surface area contributed by atoms with Gasteiger partial charge in [-0.2, -0.15) is 0 Å². The fraction of sp³-hybridized carbons (Fsp3) is 0.278. The monoisotopic (exact) mass is 282 g/mol. The fourth-order valence-electron chi connectivity index (χ4n) is 2.22. The Bertz CT molecular complexity index is 603. The number of benzene rings is 2. The Labute approximate surface area is 126 Å². The summed E-state index contributed by atoms with van der Waals surface area (Å²) in [7, 11) is 4.07. The van der Waals surface area contributed by atoms with E-state index < -0.39 is 0 Å². The van der Waals surface area contributed by atoms with Gasteiger partial charge in [0.1, 0.15) is 0 Å². The Balaban J connectivity index is 2.15. The Morgan fingerprint density at radius 2 is 1.76 bits per heavy atom. The van der Waals surface area contributed by atoms with Crippen LogP contribution in [0.15, 0.2) is 48.5 Å². The number of anilines is 1. The lowest BCUT2D eigenvalue weighted by atomic mass is 10.0. The Morgan fingerprint density at radius 3 is 2.38 bits per heavy atom. The van der Waals surface area contributed by atoms with Gasteiger partial charge in [0, 0.05) is 26.3 Å². The quantitative estimate of drug-likeness (QED) is 0.914. The Morgan fingerprint density at radius 1 is 1.05 bits per heavy atom. The molecule has 1 amide bonds. The van der Waals surface area contributed by atoms with Gasteiger partial charge in [-0.1, -0.05) is 36.4 Å². The van der Waals surface area contributed by atoms with E-state index in [1.165, 1.54) is 16.8 Å². The van der Waals surface area contributed by atoms with Crippen molar-refractivity contribution in [1.82, 2.24) is 5.32 Å². The summed E-state index contributed by atoms with van der Waals surface area (Å²) in [6.45, 7) is 2.60. The summed E-state index contributed by atoms with van der Waals surface area (Å²) in [5.41, 5.74) is 4.57. The van der Waals surface area contributed by atoms with Crippen LogP contribution in [0, 0.1) is 0 Å². The molecule has 0 aliphatic carbocycles. The molecule has 0 fully saturated rings. The average molecular weight is 282 g/mol. The molecule has 0 atom stereocenters. The zero-order valence-electron chi connectivity index (χ0n) is 12.9. The van der Waals surface area contributed by atoms with E-state index in [9.17, 15) is 4.79 Å². The van der Waals surface area contributed by atoms with Crippen molar-refractivity contribution >= 4 is 11.6 Å². The maximum atomic E-state index is 11.6. The molecule has 0 aliphatic rings. The molecule has 2 aromatic carbocycles. The molecule has 0 unspecified atom stereocenters. The van der Waals surface area contributed by atoms with Crippen LogP contribution in [0.2, 0.25) is 0 Å². The zero-order valence-corrected chi connectivity index (χ0v) is 12.9. The number of carbonyl (C=O) groups is 1. The molecule has 3 heteroatoms. The van der Waals surface area contributed by atoms with Gasteiger partial charge in [-0.05, 0) is 35.7 Å². The predicted molar refractivity (Wildman–Crippen MR) is 88.6 cm³/mol. The second-order valence-corrected chi connectivity index (χ2v) is 5.27. The van der Waals surface area contributed by atoms with Gasteiger partial charge in [0.15, 0.2) is 0 Å². The van der Waals surface area contributed by atoms with Crippen LogP contribution in [0.25, 0.3) is 11.1 Å². The first-order chi connectivity index (χ1) is 10.1. The summed E-state index contributed by atoms with van der Waals surface area (Å²) in [6, 6.07) is 16.6. The van der Waals surface area contributed by atoms with Crippen molar-refractivity contribution in [3.8, 4) is 11.1 Å². The SMILES string of the molecule is CCNC(=O)Cc1ccc(-c2cccc(N(C)C)c2)cc1. The molecule has 2 rings (SSSR count). The molecule has 0 saturated heterocycles. The second kappa shape index (κ2) is 6.93. The molecule has 110 valence electrons. The van der Waals surface area contributed by atoms with Gasteiger partial charge in [-0.15, -0.1) is 0 Å². The third-order valence-corrected chi connectivity index (χ3v) is 3.39. The maximum absolute atomic E-state index is 11.6. The van der Waals surface area contributed by atoms with Gasteiger partial charge in [-0.3, -0.25) is 4.79 Å². The molecule has 2 aromatic rings. The summed E-state index contributed by atoms with van der Waals surface area (Å²) in [5.74, 6) is 0.0693. The molecule has 0 aromatic heterocycles. The van der Waals surface area contributed by atoms with Crippen LogP contribution in [0.5, 0.6) is 0 Å². The lowest BCUT2D eigenvalue weighted by Crippen LogP contribution is -2.24. The van der Waals surface area contributed by atoms with Gasteiger partial charge in [0.2, 0.25) is 5.91 Å². The number of amides is 1. The summed E-state index contributed by atoms with van der Waals surface area (Å²) >= 11 is 0. The average Bonchev–Trinajstić information content (AvgIpc) is 2.48. The lowest BCUT2D eigenvalue weighted by molar-refractivity contribution is -0.120. The Hall–Kier alpha value is -2.29. The van der Waals surface area contributed by atoms with E-state index in [2.05, 4.69) is 46.6 Å². The van der Waals surface area contributed by atoms with Crippen LogP contribution in [0.4, 0.5) is 5.69 Å². The van der Waals surface area contributed by atoms with Gasteiger partial charge in [0.05, 0.1) is 6.42 Å². The molecule has 0 spiro atoms.